The molecule has 1 N–H and O–H groups in total. The van der Waals surface area contributed by atoms with Crippen molar-refractivity contribution in [1.29, 1.82) is 0 Å². The van der Waals surface area contributed by atoms with Crippen LogP contribution in [0.5, 0.6) is 0 Å². The minimum Gasteiger partial charge on any atom is -0.388 e. The Balaban J connectivity index is 2.20. The molecule has 2 aromatic rings. The first kappa shape index (κ1) is 15.5. The van der Waals surface area contributed by atoms with E-state index in [2.05, 4.69) is 36.2 Å². The lowest BCUT2D eigenvalue weighted by Crippen LogP contribution is -2.12. The second kappa shape index (κ2) is 5.47. The van der Waals surface area contributed by atoms with E-state index in [0.717, 1.165) is 16.4 Å². The van der Waals surface area contributed by atoms with Crippen molar-refractivity contribution in [2.75, 3.05) is 0 Å². The summed E-state index contributed by atoms with van der Waals surface area (Å²) in [6.07, 6.45) is -0.206. The minimum absolute atomic E-state index is 0.0293. The Morgan fingerprint density at radius 2 is 2.10 bits per heavy atom. The van der Waals surface area contributed by atoms with Crippen molar-refractivity contribution in [3.8, 4) is 0 Å². The van der Waals surface area contributed by atoms with E-state index < -0.39 is 6.10 Å². The second-order valence-corrected chi connectivity index (χ2v) is 7.31. The Bertz CT molecular complexity index is 612. The van der Waals surface area contributed by atoms with Gasteiger partial charge in [-0.2, -0.15) is 5.10 Å². The van der Waals surface area contributed by atoms with Crippen LogP contribution in [0.3, 0.4) is 0 Å². The van der Waals surface area contributed by atoms with Crippen LogP contribution in [0.15, 0.2) is 5.38 Å². The molecular formula is C14H20ClN3OS. The molecule has 0 saturated heterocycles. The molecule has 4 nitrogen and oxygen atoms in total. The fourth-order valence-corrected chi connectivity index (χ4v) is 3.40. The normalized spacial score (nSPS) is 13.8. The van der Waals surface area contributed by atoms with E-state index in [0.29, 0.717) is 17.1 Å². The van der Waals surface area contributed by atoms with Gasteiger partial charge in [0.1, 0.15) is 5.15 Å². The van der Waals surface area contributed by atoms with Crippen LogP contribution in [0.4, 0.5) is 0 Å². The zero-order valence-corrected chi connectivity index (χ0v) is 14.0. The molecule has 110 valence electrons. The van der Waals surface area contributed by atoms with Gasteiger partial charge in [0.05, 0.1) is 22.5 Å². The zero-order chi connectivity index (χ0) is 15.1. The molecular weight excluding hydrogens is 294 g/mol. The third-order valence-corrected chi connectivity index (χ3v) is 4.54. The Morgan fingerprint density at radius 3 is 2.55 bits per heavy atom. The summed E-state index contributed by atoms with van der Waals surface area (Å²) in [5.41, 5.74) is 2.54. The maximum Gasteiger partial charge on any atom is 0.132 e. The van der Waals surface area contributed by atoms with Gasteiger partial charge in [-0.3, -0.25) is 4.68 Å². The molecule has 6 heteroatoms. The molecule has 0 aliphatic heterocycles. The monoisotopic (exact) mass is 313 g/mol. The van der Waals surface area contributed by atoms with Crippen molar-refractivity contribution in [3.63, 3.8) is 0 Å². The Hall–Kier alpha value is -0.910. The van der Waals surface area contributed by atoms with Crippen molar-refractivity contribution < 1.29 is 5.11 Å². The first-order valence-corrected chi connectivity index (χ1v) is 7.78. The summed E-state index contributed by atoms with van der Waals surface area (Å²) in [4.78, 5) is 4.60. The molecule has 2 heterocycles. The highest BCUT2D eigenvalue weighted by molar-refractivity contribution is 7.09. The van der Waals surface area contributed by atoms with Crippen LogP contribution in [-0.2, 0) is 18.9 Å². The largest absolute Gasteiger partial charge is 0.388 e. The Kier molecular flexibility index (Phi) is 4.23. The van der Waals surface area contributed by atoms with Gasteiger partial charge in [0, 0.05) is 29.8 Å². The number of hydrogen-bond donors (Lipinski definition) is 1. The summed E-state index contributed by atoms with van der Waals surface area (Å²) < 4.78 is 1.58. The molecule has 0 aliphatic rings. The lowest BCUT2D eigenvalue weighted by Gasteiger charge is -2.14. The summed E-state index contributed by atoms with van der Waals surface area (Å²) in [6.45, 7) is 8.24. The quantitative estimate of drug-likeness (QED) is 0.944. The average Bonchev–Trinajstić information content (AvgIpc) is 2.85. The van der Waals surface area contributed by atoms with Gasteiger partial charge in [-0.25, -0.2) is 4.98 Å². The summed E-state index contributed by atoms with van der Waals surface area (Å²) in [5, 5.41) is 18.1. The van der Waals surface area contributed by atoms with Crippen LogP contribution in [0.1, 0.15) is 48.8 Å². The molecule has 1 unspecified atom stereocenters. The molecule has 0 radical (unpaired) electrons. The highest BCUT2D eigenvalue weighted by Crippen LogP contribution is 2.30. The number of rotatable bonds is 3. The van der Waals surface area contributed by atoms with Gasteiger partial charge < -0.3 is 5.11 Å². The fraction of sp³-hybridized carbons (Fsp3) is 0.571. The lowest BCUT2D eigenvalue weighted by atomic mass is 9.93. The zero-order valence-electron chi connectivity index (χ0n) is 12.4. The molecule has 1 atom stereocenters. The first-order chi connectivity index (χ1) is 9.20. The number of halogens is 1. The average molecular weight is 314 g/mol. The van der Waals surface area contributed by atoms with Crippen molar-refractivity contribution in [2.24, 2.45) is 7.05 Å². The van der Waals surface area contributed by atoms with Gasteiger partial charge in [0.2, 0.25) is 0 Å². The molecule has 0 aliphatic carbocycles. The summed E-state index contributed by atoms with van der Waals surface area (Å²) in [5.74, 6) is 0. The summed E-state index contributed by atoms with van der Waals surface area (Å²) in [7, 11) is 1.77. The molecule has 0 saturated carbocycles. The second-order valence-electron chi connectivity index (χ2n) is 6.01. The molecule has 2 rings (SSSR count). The smallest absolute Gasteiger partial charge is 0.132 e. The number of hydrogen-bond acceptors (Lipinski definition) is 4. The van der Waals surface area contributed by atoms with E-state index in [4.69, 9.17) is 11.6 Å². The van der Waals surface area contributed by atoms with Crippen LogP contribution in [-0.4, -0.2) is 19.9 Å². The maximum absolute atomic E-state index is 10.4. The third kappa shape index (κ3) is 3.05. The summed E-state index contributed by atoms with van der Waals surface area (Å²) >= 11 is 7.75. The van der Waals surface area contributed by atoms with E-state index in [1.807, 2.05) is 6.92 Å². The van der Waals surface area contributed by atoms with Crippen LogP contribution >= 0.6 is 22.9 Å². The maximum atomic E-state index is 10.4. The van der Waals surface area contributed by atoms with Crippen LogP contribution in [0, 0.1) is 6.92 Å². The van der Waals surface area contributed by atoms with Crippen molar-refractivity contribution in [3.05, 3.63) is 32.5 Å². The van der Waals surface area contributed by atoms with Crippen LogP contribution in [0.2, 0.25) is 5.15 Å². The molecule has 0 aromatic carbocycles. The van der Waals surface area contributed by atoms with E-state index >= 15 is 0 Å². The Labute approximate surface area is 128 Å². The number of aryl methyl sites for hydroxylation is 2. The topological polar surface area (TPSA) is 50.9 Å². The fourth-order valence-electron chi connectivity index (χ4n) is 2.04. The molecule has 0 spiro atoms. The minimum atomic E-state index is -0.671. The third-order valence-electron chi connectivity index (χ3n) is 3.22. The number of thiazole rings is 1. The van der Waals surface area contributed by atoms with Gasteiger partial charge in [0.15, 0.2) is 0 Å². The van der Waals surface area contributed by atoms with Crippen molar-refractivity contribution >= 4 is 22.9 Å². The predicted octanol–water partition coefficient (Wildman–Crippen LogP) is 3.41. The van der Waals surface area contributed by atoms with Gasteiger partial charge in [-0.15, -0.1) is 11.3 Å². The Morgan fingerprint density at radius 1 is 1.45 bits per heavy atom. The molecule has 0 bridgehead atoms. The molecule has 20 heavy (non-hydrogen) atoms. The summed E-state index contributed by atoms with van der Waals surface area (Å²) in [6, 6.07) is 0. The SMILES string of the molecule is Cc1nn(C)c(Cl)c1C(O)Cc1nc(C(C)(C)C)cs1. The van der Waals surface area contributed by atoms with Crippen LogP contribution in [0.25, 0.3) is 0 Å². The molecule has 0 fully saturated rings. The van der Waals surface area contributed by atoms with E-state index in [9.17, 15) is 5.11 Å². The van der Waals surface area contributed by atoms with Gasteiger partial charge >= 0.3 is 0 Å². The van der Waals surface area contributed by atoms with E-state index in [1.54, 1.807) is 23.1 Å². The van der Waals surface area contributed by atoms with Crippen molar-refractivity contribution in [2.45, 2.75) is 45.6 Å². The van der Waals surface area contributed by atoms with Gasteiger partial charge in [-0.05, 0) is 6.92 Å². The number of aliphatic hydroxyl groups is 1. The first-order valence-electron chi connectivity index (χ1n) is 6.52. The molecule has 0 amide bonds. The molecule has 2 aromatic heterocycles. The number of aromatic nitrogens is 3. The predicted molar refractivity (Wildman–Crippen MR) is 82.4 cm³/mol. The van der Waals surface area contributed by atoms with E-state index in [1.165, 1.54) is 0 Å². The van der Waals surface area contributed by atoms with Gasteiger partial charge in [0.25, 0.3) is 0 Å². The van der Waals surface area contributed by atoms with Gasteiger partial charge in [-0.1, -0.05) is 32.4 Å². The standard InChI is InChI=1S/C14H20ClN3OS/c1-8-12(13(15)18(5)17-8)9(19)6-11-16-10(7-20-11)14(2,3)4/h7,9,19H,6H2,1-5H3. The van der Waals surface area contributed by atoms with Crippen LogP contribution < -0.4 is 0 Å². The highest BCUT2D eigenvalue weighted by Gasteiger charge is 2.22. The number of nitrogens with zero attached hydrogens (tertiary/aromatic N) is 3. The van der Waals surface area contributed by atoms with Crippen molar-refractivity contribution in [1.82, 2.24) is 14.8 Å². The lowest BCUT2D eigenvalue weighted by molar-refractivity contribution is 0.177. The number of aliphatic hydroxyl groups excluding tert-OH is 1. The highest BCUT2D eigenvalue weighted by atomic mass is 35.5. The van der Waals surface area contributed by atoms with E-state index in [-0.39, 0.29) is 5.41 Å².